The molecule has 2 nitrogen and oxygen atoms in total. The summed E-state index contributed by atoms with van der Waals surface area (Å²) >= 11 is 0. The van der Waals surface area contributed by atoms with Crippen molar-refractivity contribution < 1.29 is 9.18 Å². The topological polar surface area (TPSA) is 29.1 Å². The summed E-state index contributed by atoms with van der Waals surface area (Å²) in [7, 11) is 0. The van der Waals surface area contributed by atoms with Crippen molar-refractivity contribution in [1.29, 1.82) is 0 Å². The maximum absolute atomic E-state index is 12.8. The Morgan fingerprint density at radius 3 is 2.31 bits per heavy atom. The van der Waals surface area contributed by atoms with Gasteiger partial charge in [-0.15, -0.1) is 0 Å². The van der Waals surface area contributed by atoms with Crippen molar-refractivity contribution in [3.63, 3.8) is 0 Å². The maximum Gasteiger partial charge on any atom is 0.138 e. The lowest BCUT2D eigenvalue weighted by Crippen LogP contribution is -2.30. The molecule has 16 heavy (non-hydrogen) atoms. The molecule has 0 saturated carbocycles. The summed E-state index contributed by atoms with van der Waals surface area (Å²) in [5.74, 6) is -0.370. The number of benzene rings is 1. The van der Waals surface area contributed by atoms with Gasteiger partial charge in [-0.25, -0.2) is 4.39 Å². The van der Waals surface area contributed by atoms with E-state index in [9.17, 15) is 9.18 Å². The molecule has 1 N–H and O–H groups in total. The van der Waals surface area contributed by atoms with Crippen LogP contribution < -0.4 is 5.32 Å². The van der Waals surface area contributed by atoms with Gasteiger partial charge in [-0.2, -0.15) is 0 Å². The van der Waals surface area contributed by atoms with Crippen LogP contribution in [-0.2, 0) is 4.79 Å². The van der Waals surface area contributed by atoms with Gasteiger partial charge < -0.3 is 5.32 Å². The molecule has 1 atom stereocenters. The lowest BCUT2D eigenvalue weighted by molar-refractivity contribution is -0.118. The number of Topliss-reactive ketones (excluding diaryl/α,β-unsaturated/α-hetero) is 1. The molecular weight excluding hydrogens is 205 g/mol. The monoisotopic (exact) mass is 223 g/mol. The third kappa shape index (κ3) is 3.74. The highest BCUT2D eigenvalue weighted by Crippen LogP contribution is 2.16. The Morgan fingerprint density at radius 2 is 1.88 bits per heavy atom. The van der Waals surface area contributed by atoms with Gasteiger partial charge in [-0.05, 0) is 24.6 Å². The molecule has 0 spiro atoms. The van der Waals surface area contributed by atoms with E-state index in [0.717, 1.165) is 5.56 Å². The van der Waals surface area contributed by atoms with Crippen LogP contribution in [0.3, 0.4) is 0 Å². The molecule has 0 aromatic heterocycles. The van der Waals surface area contributed by atoms with E-state index in [2.05, 4.69) is 5.32 Å². The molecule has 0 saturated heterocycles. The molecule has 0 heterocycles. The largest absolute Gasteiger partial charge is 0.313 e. The number of hydrogen-bond donors (Lipinski definition) is 1. The molecule has 0 amide bonds. The van der Waals surface area contributed by atoms with Crippen LogP contribution in [0.2, 0.25) is 0 Å². The van der Waals surface area contributed by atoms with Crippen LogP contribution in [0, 0.1) is 5.82 Å². The minimum atomic E-state index is -0.275. The lowest BCUT2D eigenvalue weighted by atomic mass is 9.95. The predicted octanol–water partition coefficient (Wildman–Crippen LogP) is 2.50. The number of ketones is 1. The molecule has 1 aromatic rings. The first-order chi connectivity index (χ1) is 7.50. The second-order valence-corrected chi connectivity index (χ2v) is 4.28. The van der Waals surface area contributed by atoms with Gasteiger partial charge in [0.2, 0.25) is 0 Å². The SMILES string of the molecule is CC(=O)C(CNC(C)C)c1ccc(F)cc1. The average Bonchev–Trinajstić information content (AvgIpc) is 2.20. The Hall–Kier alpha value is -1.22. The number of halogens is 1. The first-order valence-electron chi connectivity index (χ1n) is 5.50. The van der Waals surface area contributed by atoms with Crippen LogP contribution in [-0.4, -0.2) is 18.4 Å². The van der Waals surface area contributed by atoms with Crippen LogP contribution in [0.1, 0.15) is 32.3 Å². The Morgan fingerprint density at radius 1 is 1.31 bits per heavy atom. The zero-order valence-electron chi connectivity index (χ0n) is 9.96. The summed E-state index contributed by atoms with van der Waals surface area (Å²) in [4.78, 5) is 11.5. The summed E-state index contributed by atoms with van der Waals surface area (Å²) < 4.78 is 12.8. The standard InChI is InChI=1S/C13H18FNO/c1-9(2)15-8-13(10(3)16)11-4-6-12(14)7-5-11/h4-7,9,13,15H,8H2,1-3H3. The molecule has 1 rings (SSSR count). The van der Waals surface area contributed by atoms with Crippen LogP contribution in [0.4, 0.5) is 4.39 Å². The number of nitrogens with one attached hydrogen (secondary N) is 1. The zero-order chi connectivity index (χ0) is 12.1. The molecule has 1 aromatic carbocycles. The highest BCUT2D eigenvalue weighted by molar-refractivity contribution is 5.83. The molecule has 0 bridgehead atoms. The molecule has 0 fully saturated rings. The van der Waals surface area contributed by atoms with Gasteiger partial charge in [0.25, 0.3) is 0 Å². The smallest absolute Gasteiger partial charge is 0.138 e. The van der Waals surface area contributed by atoms with Gasteiger partial charge in [0.05, 0.1) is 5.92 Å². The van der Waals surface area contributed by atoms with Crippen molar-refractivity contribution in [3.8, 4) is 0 Å². The van der Waals surface area contributed by atoms with E-state index in [1.54, 1.807) is 19.1 Å². The van der Waals surface area contributed by atoms with Crippen LogP contribution in [0.25, 0.3) is 0 Å². The minimum absolute atomic E-state index is 0.0970. The fraction of sp³-hybridized carbons (Fsp3) is 0.462. The number of hydrogen-bond acceptors (Lipinski definition) is 2. The first-order valence-corrected chi connectivity index (χ1v) is 5.50. The highest BCUT2D eigenvalue weighted by Gasteiger charge is 2.16. The second-order valence-electron chi connectivity index (χ2n) is 4.28. The van der Waals surface area contributed by atoms with Crippen molar-refractivity contribution >= 4 is 5.78 Å². The summed E-state index contributed by atoms with van der Waals surface area (Å²) in [5, 5.41) is 3.23. The van der Waals surface area contributed by atoms with Crippen LogP contribution >= 0.6 is 0 Å². The van der Waals surface area contributed by atoms with E-state index >= 15 is 0 Å². The van der Waals surface area contributed by atoms with Crippen molar-refractivity contribution in [3.05, 3.63) is 35.6 Å². The molecule has 1 unspecified atom stereocenters. The molecule has 0 radical (unpaired) electrons. The Balaban J connectivity index is 2.77. The van der Waals surface area contributed by atoms with Crippen molar-refractivity contribution in [1.82, 2.24) is 5.32 Å². The first kappa shape index (κ1) is 12.8. The van der Waals surface area contributed by atoms with E-state index in [-0.39, 0.29) is 17.5 Å². The van der Waals surface area contributed by atoms with Gasteiger partial charge in [0, 0.05) is 12.6 Å². The van der Waals surface area contributed by atoms with Gasteiger partial charge in [-0.1, -0.05) is 26.0 Å². The van der Waals surface area contributed by atoms with E-state index in [0.29, 0.717) is 12.6 Å². The number of carbonyl (C=O) groups is 1. The van der Waals surface area contributed by atoms with Gasteiger partial charge >= 0.3 is 0 Å². The summed E-state index contributed by atoms with van der Waals surface area (Å²) in [6, 6.07) is 6.45. The fourth-order valence-electron chi connectivity index (χ4n) is 1.54. The average molecular weight is 223 g/mol. The molecule has 0 aliphatic heterocycles. The number of rotatable bonds is 5. The Labute approximate surface area is 95.9 Å². The quantitative estimate of drug-likeness (QED) is 0.831. The summed E-state index contributed by atoms with van der Waals surface area (Å²) in [6.07, 6.45) is 0. The van der Waals surface area contributed by atoms with Crippen LogP contribution in [0.15, 0.2) is 24.3 Å². The lowest BCUT2D eigenvalue weighted by Gasteiger charge is -2.17. The Bertz CT molecular complexity index is 345. The van der Waals surface area contributed by atoms with Gasteiger partial charge in [-0.3, -0.25) is 4.79 Å². The molecule has 88 valence electrons. The third-order valence-corrected chi connectivity index (χ3v) is 2.49. The number of carbonyl (C=O) groups excluding carboxylic acids is 1. The fourth-order valence-corrected chi connectivity index (χ4v) is 1.54. The highest BCUT2D eigenvalue weighted by atomic mass is 19.1. The normalized spacial score (nSPS) is 12.8. The van der Waals surface area contributed by atoms with E-state index in [1.165, 1.54) is 12.1 Å². The summed E-state index contributed by atoms with van der Waals surface area (Å²) in [5.41, 5.74) is 0.863. The van der Waals surface area contributed by atoms with E-state index in [1.807, 2.05) is 13.8 Å². The minimum Gasteiger partial charge on any atom is -0.313 e. The summed E-state index contributed by atoms with van der Waals surface area (Å²) in [6.45, 7) is 6.22. The van der Waals surface area contributed by atoms with E-state index < -0.39 is 0 Å². The van der Waals surface area contributed by atoms with Crippen molar-refractivity contribution in [2.45, 2.75) is 32.7 Å². The van der Waals surface area contributed by atoms with Gasteiger partial charge in [0.1, 0.15) is 11.6 Å². The van der Waals surface area contributed by atoms with Gasteiger partial charge in [0.15, 0.2) is 0 Å². The molecular formula is C13H18FNO. The van der Waals surface area contributed by atoms with Crippen LogP contribution in [0.5, 0.6) is 0 Å². The van der Waals surface area contributed by atoms with E-state index in [4.69, 9.17) is 0 Å². The van der Waals surface area contributed by atoms with Crippen molar-refractivity contribution in [2.75, 3.05) is 6.54 Å². The molecule has 0 aliphatic carbocycles. The zero-order valence-corrected chi connectivity index (χ0v) is 9.96. The molecule has 0 aliphatic rings. The Kier molecular flexibility index (Phi) is 4.62. The maximum atomic E-state index is 12.8. The third-order valence-electron chi connectivity index (χ3n) is 2.49. The predicted molar refractivity (Wildman–Crippen MR) is 63.0 cm³/mol. The molecule has 3 heteroatoms. The second kappa shape index (κ2) is 5.75. The van der Waals surface area contributed by atoms with Crippen molar-refractivity contribution in [2.24, 2.45) is 0 Å².